The van der Waals surface area contributed by atoms with E-state index in [2.05, 4.69) is 13.5 Å². The Morgan fingerprint density at radius 3 is 2.00 bits per heavy atom. The Hall–Kier alpha value is -1.18. The standard InChI is InChI=1S/C20H34O2/c1-5-6-7-8-9-10-11-12-13-14-18-16-20(22-4)19(21-3)15-17(18)2/h5H,1,6-16H2,2-4H3. The van der Waals surface area contributed by atoms with Gasteiger partial charge in [0.25, 0.3) is 0 Å². The molecule has 2 nitrogen and oxygen atoms in total. The average molecular weight is 306 g/mol. The minimum Gasteiger partial charge on any atom is -0.497 e. The SMILES string of the molecule is C=CCCCCCCCCCC1=C(C)CC(OC)=C(OC)C1. The summed E-state index contributed by atoms with van der Waals surface area (Å²) in [6, 6.07) is 0. The van der Waals surface area contributed by atoms with Crippen LogP contribution in [0.1, 0.15) is 77.6 Å². The summed E-state index contributed by atoms with van der Waals surface area (Å²) in [5.74, 6) is 2.02. The van der Waals surface area contributed by atoms with Crippen LogP contribution in [0.4, 0.5) is 0 Å². The first-order chi connectivity index (χ1) is 10.7. The molecule has 0 unspecified atom stereocenters. The predicted octanol–water partition coefficient (Wildman–Crippen LogP) is 6.30. The molecule has 0 heterocycles. The van der Waals surface area contributed by atoms with Gasteiger partial charge in [-0.3, -0.25) is 0 Å². The van der Waals surface area contributed by atoms with Gasteiger partial charge in [-0.2, -0.15) is 0 Å². The Morgan fingerprint density at radius 2 is 1.41 bits per heavy atom. The van der Waals surface area contributed by atoms with Gasteiger partial charge in [-0.05, 0) is 32.6 Å². The Morgan fingerprint density at radius 1 is 0.864 bits per heavy atom. The van der Waals surface area contributed by atoms with Gasteiger partial charge in [0.2, 0.25) is 0 Å². The number of ether oxygens (including phenoxy) is 2. The van der Waals surface area contributed by atoms with E-state index in [1.54, 1.807) is 19.8 Å². The van der Waals surface area contributed by atoms with Crippen LogP contribution < -0.4 is 0 Å². The van der Waals surface area contributed by atoms with E-state index < -0.39 is 0 Å². The molecule has 1 aliphatic rings. The molecule has 0 fully saturated rings. The first-order valence-electron chi connectivity index (χ1n) is 8.81. The molecule has 1 rings (SSSR count). The lowest BCUT2D eigenvalue weighted by Crippen LogP contribution is -2.07. The summed E-state index contributed by atoms with van der Waals surface area (Å²) >= 11 is 0. The van der Waals surface area contributed by atoms with Crippen LogP contribution in [-0.2, 0) is 9.47 Å². The molecule has 0 atom stereocenters. The monoisotopic (exact) mass is 306 g/mol. The van der Waals surface area contributed by atoms with Gasteiger partial charge >= 0.3 is 0 Å². The fourth-order valence-corrected chi connectivity index (χ4v) is 3.09. The third kappa shape index (κ3) is 6.72. The molecular formula is C20H34O2. The maximum absolute atomic E-state index is 5.48. The predicted molar refractivity (Wildman–Crippen MR) is 94.7 cm³/mol. The zero-order valence-corrected chi connectivity index (χ0v) is 14.9. The van der Waals surface area contributed by atoms with Crippen LogP contribution in [0.2, 0.25) is 0 Å². The summed E-state index contributed by atoms with van der Waals surface area (Å²) in [6.07, 6.45) is 15.7. The molecule has 126 valence electrons. The van der Waals surface area contributed by atoms with Gasteiger partial charge in [0.1, 0.15) is 11.5 Å². The van der Waals surface area contributed by atoms with E-state index in [9.17, 15) is 0 Å². The van der Waals surface area contributed by atoms with Crippen LogP contribution in [0.3, 0.4) is 0 Å². The van der Waals surface area contributed by atoms with Crippen LogP contribution in [0.5, 0.6) is 0 Å². The molecule has 22 heavy (non-hydrogen) atoms. The van der Waals surface area contributed by atoms with Crippen molar-refractivity contribution in [2.24, 2.45) is 0 Å². The molecule has 0 saturated heterocycles. The normalized spacial score (nSPS) is 15.2. The second-order valence-corrected chi connectivity index (χ2v) is 6.29. The molecule has 0 N–H and O–H groups in total. The number of methoxy groups -OCH3 is 2. The van der Waals surface area contributed by atoms with Crippen molar-refractivity contribution in [3.05, 3.63) is 35.3 Å². The van der Waals surface area contributed by atoms with Gasteiger partial charge in [-0.1, -0.05) is 49.3 Å². The minimum absolute atomic E-state index is 0.915. The molecule has 0 radical (unpaired) electrons. The quantitative estimate of drug-likeness (QED) is 0.311. The highest BCUT2D eigenvalue weighted by Gasteiger charge is 2.19. The average Bonchev–Trinajstić information content (AvgIpc) is 2.54. The molecule has 0 amide bonds. The zero-order valence-electron chi connectivity index (χ0n) is 14.9. The number of hydrogen-bond acceptors (Lipinski definition) is 2. The molecule has 0 aromatic rings. The van der Waals surface area contributed by atoms with Crippen LogP contribution in [0.25, 0.3) is 0 Å². The molecule has 0 aromatic heterocycles. The van der Waals surface area contributed by atoms with Crippen LogP contribution in [0.15, 0.2) is 35.3 Å². The molecular weight excluding hydrogens is 272 g/mol. The van der Waals surface area contributed by atoms with Crippen LogP contribution in [-0.4, -0.2) is 14.2 Å². The van der Waals surface area contributed by atoms with E-state index in [-0.39, 0.29) is 0 Å². The van der Waals surface area contributed by atoms with Gasteiger partial charge in [0.05, 0.1) is 14.2 Å². The number of rotatable bonds is 12. The third-order valence-corrected chi connectivity index (χ3v) is 4.59. The van der Waals surface area contributed by atoms with Crippen LogP contribution in [0, 0.1) is 0 Å². The van der Waals surface area contributed by atoms with Gasteiger partial charge in [-0.15, -0.1) is 6.58 Å². The van der Waals surface area contributed by atoms with E-state index in [4.69, 9.17) is 9.47 Å². The van der Waals surface area contributed by atoms with E-state index in [1.165, 1.54) is 63.4 Å². The van der Waals surface area contributed by atoms with Crippen molar-refractivity contribution in [1.82, 2.24) is 0 Å². The van der Waals surface area contributed by atoms with Crippen molar-refractivity contribution in [2.45, 2.75) is 77.6 Å². The second-order valence-electron chi connectivity index (χ2n) is 6.29. The molecule has 0 aromatic carbocycles. The highest BCUT2D eigenvalue weighted by atomic mass is 16.5. The van der Waals surface area contributed by atoms with Gasteiger partial charge in [0, 0.05) is 12.8 Å². The summed E-state index contributed by atoms with van der Waals surface area (Å²) in [7, 11) is 3.49. The summed E-state index contributed by atoms with van der Waals surface area (Å²) < 4.78 is 10.9. The van der Waals surface area contributed by atoms with Gasteiger partial charge in [-0.25, -0.2) is 0 Å². The highest BCUT2D eigenvalue weighted by molar-refractivity contribution is 5.28. The summed E-state index contributed by atoms with van der Waals surface area (Å²) in [4.78, 5) is 0. The summed E-state index contributed by atoms with van der Waals surface area (Å²) in [5, 5.41) is 0. The third-order valence-electron chi connectivity index (χ3n) is 4.59. The summed E-state index contributed by atoms with van der Waals surface area (Å²) in [5.41, 5.74) is 3.03. The minimum atomic E-state index is 0.915. The van der Waals surface area contributed by atoms with Crippen molar-refractivity contribution in [3.63, 3.8) is 0 Å². The number of hydrogen-bond donors (Lipinski definition) is 0. The van der Waals surface area contributed by atoms with Gasteiger partial charge < -0.3 is 9.47 Å². The lowest BCUT2D eigenvalue weighted by molar-refractivity contribution is 0.206. The maximum Gasteiger partial charge on any atom is 0.137 e. The lowest BCUT2D eigenvalue weighted by Gasteiger charge is -2.22. The lowest BCUT2D eigenvalue weighted by atomic mass is 9.91. The first kappa shape index (κ1) is 18.9. The van der Waals surface area contributed by atoms with E-state index in [0.717, 1.165) is 24.4 Å². The smallest absolute Gasteiger partial charge is 0.137 e. The largest absolute Gasteiger partial charge is 0.497 e. The topological polar surface area (TPSA) is 18.5 Å². The number of unbranched alkanes of at least 4 members (excludes halogenated alkanes) is 7. The maximum atomic E-state index is 5.48. The van der Waals surface area contributed by atoms with E-state index in [0.29, 0.717) is 0 Å². The molecule has 1 aliphatic carbocycles. The zero-order chi connectivity index (χ0) is 16.2. The summed E-state index contributed by atoms with van der Waals surface area (Å²) in [6.45, 7) is 6.00. The Balaban J connectivity index is 2.16. The molecule has 2 heteroatoms. The van der Waals surface area contributed by atoms with E-state index >= 15 is 0 Å². The van der Waals surface area contributed by atoms with Gasteiger partial charge in [0.15, 0.2) is 0 Å². The van der Waals surface area contributed by atoms with E-state index in [1.807, 2.05) is 6.08 Å². The fourth-order valence-electron chi connectivity index (χ4n) is 3.09. The van der Waals surface area contributed by atoms with Crippen molar-refractivity contribution >= 4 is 0 Å². The molecule has 0 bridgehead atoms. The van der Waals surface area contributed by atoms with Crippen molar-refractivity contribution in [3.8, 4) is 0 Å². The Kier molecular flexibility index (Phi) is 9.77. The van der Waals surface area contributed by atoms with Crippen molar-refractivity contribution < 1.29 is 9.47 Å². The molecule has 0 saturated carbocycles. The van der Waals surface area contributed by atoms with Crippen LogP contribution >= 0.6 is 0 Å². The highest BCUT2D eigenvalue weighted by Crippen LogP contribution is 2.33. The second kappa shape index (κ2) is 11.4. The number of allylic oxidation sites excluding steroid dienone is 3. The molecule has 0 spiro atoms. The Bertz CT molecular complexity index is 391. The Labute approximate surface area is 137 Å². The van der Waals surface area contributed by atoms with Crippen molar-refractivity contribution in [2.75, 3.05) is 14.2 Å². The fraction of sp³-hybridized carbons (Fsp3) is 0.700. The molecule has 0 aliphatic heterocycles. The first-order valence-corrected chi connectivity index (χ1v) is 8.81. The van der Waals surface area contributed by atoms with Crippen molar-refractivity contribution in [1.29, 1.82) is 0 Å².